The van der Waals surface area contributed by atoms with E-state index in [4.69, 9.17) is 9.72 Å². The highest BCUT2D eigenvalue weighted by atomic mass is 16.6. The highest BCUT2D eigenvalue weighted by Crippen LogP contribution is 2.29. The molecule has 0 unspecified atom stereocenters. The van der Waals surface area contributed by atoms with Crippen LogP contribution in [-0.4, -0.2) is 47.8 Å². The third kappa shape index (κ3) is 4.19. The predicted molar refractivity (Wildman–Crippen MR) is 95.5 cm³/mol. The Labute approximate surface area is 145 Å². The molecule has 0 bridgehead atoms. The number of pyridine rings is 1. The largest absolute Gasteiger partial charge is 0.444 e. The van der Waals surface area contributed by atoms with Gasteiger partial charge in [0.05, 0.1) is 11.9 Å². The van der Waals surface area contributed by atoms with Crippen molar-refractivity contribution < 1.29 is 9.53 Å². The van der Waals surface area contributed by atoms with E-state index in [-0.39, 0.29) is 6.09 Å². The Morgan fingerprint density at radius 3 is 2.33 bits per heavy atom. The zero-order valence-corrected chi connectivity index (χ0v) is 15.1. The molecule has 1 amide bonds. The standard InChI is InChI=1S/C19H29N3O2/c1-19(2,3)24-18(23)22-12-8-15(9-13-22)17-7-6-16(14-20-17)21-10-4-5-11-21/h6-7,14-15H,4-5,8-13H2,1-3H3. The van der Waals surface area contributed by atoms with Crippen LogP contribution in [0.25, 0.3) is 0 Å². The number of aromatic nitrogens is 1. The highest BCUT2D eigenvalue weighted by Gasteiger charge is 2.28. The van der Waals surface area contributed by atoms with Crippen molar-refractivity contribution in [3.8, 4) is 0 Å². The maximum absolute atomic E-state index is 12.1. The van der Waals surface area contributed by atoms with Crippen LogP contribution in [0.1, 0.15) is 58.1 Å². The number of nitrogens with zero attached hydrogens (tertiary/aromatic N) is 3. The summed E-state index contributed by atoms with van der Waals surface area (Å²) in [5, 5.41) is 0. The van der Waals surface area contributed by atoms with Crippen molar-refractivity contribution in [3.05, 3.63) is 24.0 Å². The number of amides is 1. The van der Waals surface area contributed by atoms with Gasteiger partial charge in [0.25, 0.3) is 0 Å². The minimum absolute atomic E-state index is 0.196. The molecule has 0 radical (unpaired) electrons. The number of hydrogen-bond donors (Lipinski definition) is 0. The third-order valence-electron chi connectivity index (χ3n) is 4.81. The number of piperidine rings is 1. The van der Waals surface area contributed by atoms with Crippen LogP contribution in [0.5, 0.6) is 0 Å². The smallest absolute Gasteiger partial charge is 0.410 e. The van der Waals surface area contributed by atoms with E-state index in [0.717, 1.165) is 44.7 Å². The van der Waals surface area contributed by atoms with Crippen LogP contribution in [0.15, 0.2) is 18.3 Å². The fourth-order valence-electron chi connectivity index (χ4n) is 3.49. The molecule has 2 aliphatic rings. The molecule has 2 saturated heterocycles. The van der Waals surface area contributed by atoms with Crippen LogP contribution in [0.3, 0.4) is 0 Å². The van der Waals surface area contributed by atoms with E-state index < -0.39 is 5.60 Å². The van der Waals surface area contributed by atoms with Crippen molar-refractivity contribution in [1.82, 2.24) is 9.88 Å². The Morgan fingerprint density at radius 2 is 1.79 bits per heavy atom. The Balaban J connectivity index is 1.53. The van der Waals surface area contributed by atoms with E-state index in [2.05, 4.69) is 17.0 Å². The van der Waals surface area contributed by atoms with Crippen molar-refractivity contribution in [2.45, 2.75) is 58.0 Å². The van der Waals surface area contributed by atoms with Gasteiger partial charge in [-0.1, -0.05) is 0 Å². The van der Waals surface area contributed by atoms with Crippen LogP contribution in [-0.2, 0) is 4.74 Å². The van der Waals surface area contributed by atoms with Crippen molar-refractivity contribution in [2.75, 3.05) is 31.1 Å². The van der Waals surface area contributed by atoms with Gasteiger partial charge in [0, 0.05) is 37.8 Å². The first-order chi connectivity index (χ1) is 11.4. The topological polar surface area (TPSA) is 45.7 Å². The van der Waals surface area contributed by atoms with Gasteiger partial charge in [-0.05, 0) is 58.6 Å². The third-order valence-corrected chi connectivity index (χ3v) is 4.81. The van der Waals surface area contributed by atoms with Crippen molar-refractivity contribution in [2.24, 2.45) is 0 Å². The van der Waals surface area contributed by atoms with Gasteiger partial charge >= 0.3 is 6.09 Å². The lowest BCUT2D eigenvalue weighted by Gasteiger charge is -2.33. The summed E-state index contributed by atoms with van der Waals surface area (Å²) in [6.07, 6.45) is 6.29. The van der Waals surface area contributed by atoms with Gasteiger partial charge in [0.2, 0.25) is 0 Å². The molecule has 5 nitrogen and oxygen atoms in total. The van der Waals surface area contributed by atoms with E-state index in [9.17, 15) is 4.79 Å². The van der Waals surface area contributed by atoms with Gasteiger partial charge in [-0.2, -0.15) is 0 Å². The summed E-state index contributed by atoms with van der Waals surface area (Å²) in [7, 11) is 0. The zero-order valence-electron chi connectivity index (χ0n) is 15.1. The molecule has 1 aromatic heterocycles. The highest BCUT2D eigenvalue weighted by molar-refractivity contribution is 5.68. The minimum atomic E-state index is -0.430. The molecule has 24 heavy (non-hydrogen) atoms. The van der Waals surface area contributed by atoms with Crippen molar-refractivity contribution in [1.29, 1.82) is 0 Å². The SMILES string of the molecule is CC(C)(C)OC(=O)N1CCC(c2ccc(N3CCCC3)cn2)CC1. The summed E-state index contributed by atoms with van der Waals surface area (Å²) in [6.45, 7) is 9.51. The van der Waals surface area contributed by atoms with E-state index in [1.165, 1.54) is 18.5 Å². The van der Waals surface area contributed by atoms with Crippen LogP contribution in [0, 0.1) is 0 Å². The Hall–Kier alpha value is -1.78. The first-order valence-corrected chi connectivity index (χ1v) is 9.11. The molecule has 132 valence electrons. The average molecular weight is 331 g/mol. The quantitative estimate of drug-likeness (QED) is 0.827. The van der Waals surface area contributed by atoms with E-state index in [1.54, 1.807) is 0 Å². The molecule has 2 fully saturated rings. The predicted octanol–water partition coefficient (Wildman–Crippen LogP) is 3.80. The zero-order chi connectivity index (χ0) is 17.2. The van der Waals surface area contributed by atoms with E-state index in [0.29, 0.717) is 5.92 Å². The molecular formula is C19H29N3O2. The normalized spacial score (nSPS) is 19.6. The second kappa shape index (κ2) is 6.99. The van der Waals surface area contributed by atoms with Gasteiger partial charge in [-0.3, -0.25) is 4.98 Å². The van der Waals surface area contributed by atoms with Crippen LogP contribution >= 0.6 is 0 Å². The van der Waals surface area contributed by atoms with Gasteiger partial charge in [-0.25, -0.2) is 4.79 Å². The Kier molecular flexibility index (Phi) is 4.97. The maximum Gasteiger partial charge on any atom is 0.410 e. The molecule has 3 rings (SSSR count). The molecule has 0 spiro atoms. The van der Waals surface area contributed by atoms with Crippen LogP contribution in [0.4, 0.5) is 10.5 Å². The molecule has 0 saturated carbocycles. The van der Waals surface area contributed by atoms with Crippen molar-refractivity contribution >= 4 is 11.8 Å². The molecular weight excluding hydrogens is 302 g/mol. The number of carbonyl (C=O) groups excluding carboxylic acids is 1. The fraction of sp³-hybridized carbons (Fsp3) is 0.684. The van der Waals surface area contributed by atoms with Gasteiger partial charge in [0.15, 0.2) is 0 Å². The average Bonchev–Trinajstić information content (AvgIpc) is 3.08. The number of carbonyl (C=O) groups is 1. The molecule has 5 heteroatoms. The van der Waals surface area contributed by atoms with Gasteiger partial charge in [0.1, 0.15) is 5.60 Å². The lowest BCUT2D eigenvalue weighted by Crippen LogP contribution is -2.41. The molecule has 3 heterocycles. The number of hydrogen-bond acceptors (Lipinski definition) is 4. The van der Waals surface area contributed by atoms with Crippen LogP contribution < -0.4 is 4.90 Å². The number of rotatable bonds is 2. The Bertz CT molecular complexity index is 551. The lowest BCUT2D eigenvalue weighted by molar-refractivity contribution is 0.0204. The fourth-order valence-corrected chi connectivity index (χ4v) is 3.49. The molecule has 2 aliphatic heterocycles. The second-order valence-electron chi connectivity index (χ2n) is 7.88. The number of anilines is 1. The summed E-state index contributed by atoms with van der Waals surface area (Å²) >= 11 is 0. The summed E-state index contributed by atoms with van der Waals surface area (Å²) in [6, 6.07) is 4.37. The molecule has 1 aromatic rings. The molecule has 0 N–H and O–H groups in total. The maximum atomic E-state index is 12.1. The molecule has 0 aromatic carbocycles. The minimum Gasteiger partial charge on any atom is -0.444 e. The van der Waals surface area contributed by atoms with Crippen LogP contribution in [0.2, 0.25) is 0 Å². The van der Waals surface area contributed by atoms with Crippen molar-refractivity contribution in [3.63, 3.8) is 0 Å². The summed E-state index contributed by atoms with van der Waals surface area (Å²) in [5.41, 5.74) is 1.96. The Morgan fingerprint density at radius 1 is 1.12 bits per heavy atom. The van der Waals surface area contributed by atoms with E-state index >= 15 is 0 Å². The number of likely N-dealkylation sites (tertiary alicyclic amines) is 1. The molecule has 0 aliphatic carbocycles. The second-order valence-corrected chi connectivity index (χ2v) is 7.88. The van der Waals surface area contributed by atoms with E-state index in [1.807, 2.05) is 31.9 Å². The summed E-state index contributed by atoms with van der Waals surface area (Å²) in [4.78, 5) is 21.1. The number of ether oxygens (including phenoxy) is 1. The molecule has 0 atom stereocenters. The first kappa shape index (κ1) is 17.1. The summed E-state index contributed by atoms with van der Waals surface area (Å²) < 4.78 is 5.46. The lowest BCUT2D eigenvalue weighted by atomic mass is 9.93. The van der Waals surface area contributed by atoms with Gasteiger partial charge < -0.3 is 14.5 Å². The van der Waals surface area contributed by atoms with Gasteiger partial charge in [-0.15, -0.1) is 0 Å². The monoisotopic (exact) mass is 331 g/mol. The summed E-state index contributed by atoms with van der Waals surface area (Å²) in [5.74, 6) is 0.441. The first-order valence-electron chi connectivity index (χ1n) is 9.11.